The second kappa shape index (κ2) is 2.03. The lowest BCUT2D eigenvalue weighted by Gasteiger charge is -1.96. The number of rotatable bonds is 3. The van der Waals surface area contributed by atoms with Gasteiger partial charge in [0, 0.05) is 12.3 Å². The minimum atomic E-state index is 0.139. The minimum absolute atomic E-state index is 0.139. The Hall–Kier alpha value is -0.730. The molecular formula is C5H8N2O. The quantitative estimate of drug-likeness (QED) is 0.502. The predicted molar refractivity (Wildman–Crippen MR) is 28.5 cm³/mol. The van der Waals surface area contributed by atoms with E-state index in [1.165, 1.54) is 0 Å². The van der Waals surface area contributed by atoms with E-state index in [4.69, 9.17) is 0 Å². The Morgan fingerprint density at radius 3 is 2.75 bits per heavy atom. The van der Waals surface area contributed by atoms with Crippen LogP contribution in [0.2, 0.25) is 0 Å². The molecule has 1 unspecified atom stereocenters. The topological polar surface area (TPSA) is 41.8 Å². The molecule has 0 spiro atoms. The first kappa shape index (κ1) is 5.41. The first-order valence-corrected chi connectivity index (χ1v) is 2.68. The van der Waals surface area contributed by atoms with Crippen LogP contribution in [0.15, 0.2) is 10.2 Å². The zero-order valence-electron chi connectivity index (χ0n) is 4.74. The molecule has 0 aromatic carbocycles. The zero-order valence-corrected chi connectivity index (χ0v) is 4.74. The standard InChI is InChI=1S/C5H8N2O/c1-4(2-3-8)5-6-7-5/h3-5H,2H2,1H3. The summed E-state index contributed by atoms with van der Waals surface area (Å²) in [6, 6.07) is 0. The molecule has 1 aliphatic rings. The third kappa shape index (κ3) is 1.12. The minimum Gasteiger partial charge on any atom is -0.303 e. The average Bonchev–Trinajstić information content (AvgIpc) is 2.45. The van der Waals surface area contributed by atoms with Gasteiger partial charge in [-0.1, -0.05) is 6.92 Å². The van der Waals surface area contributed by atoms with Crippen molar-refractivity contribution in [1.29, 1.82) is 0 Å². The van der Waals surface area contributed by atoms with Crippen LogP contribution in [0.25, 0.3) is 0 Å². The first-order chi connectivity index (χ1) is 3.84. The zero-order chi connectivity index (χ0) is 5.98. The van der Waals surface area contributed by atoms with Gasteiger partial charge in [0.05, 0.1) is 0 Å². The Labute approximate surface area is 47.8 Å². The molecule has 3 heteroatoms. The van der Waals surface area contributed by atoms with E-state index in [9.17, 15) is 4.79 Å². The van der Waals surface area contributed by atoms with Crippen molar-refractivity contribution < 1.29 is 4.79 Å². The van der Waals surface area contributed by atoms with Crippen molar-refractivity contribution in [2.45, 2.75) is 19.5 Å². The smallest absolute Gasteiger partial charge is 0.183 e. The highest BCUT2D eigenvalue weighted by Crippen LogP contribution is 2.21. The van der Waals surface area contributed by atoms with Crippen molar-refractivity contribution in [3.8, 4) is 0 Å². The molecule has 44 valence electrons. The molecule has 1 rings (SSSR count). The molecule has 1 aliphatic heterocycles. The molecule has 3 nitrogen and oxygen atoms in total. The van der Waals surface area contributed by atoms with E-state index in [1.54, 1.807) is 0 Å². The summed E-state index contributed by atoms with van der Waals surface area (Å²) in [5.41, 5.74) is 0. The number of hydrogen-bond donors (Lipinski definition) is 0. The molecule has 0 aromatic rings. The van der Waals surface area contributed by atoms with E-state index in [2.05, 4.69) is 10.2 Å². The normalized spacial score (nSPS) is 20.6. The summed E-state index contributed by atoms with van der Waals surface area (Å²) in [6.07, 6.45) is 1.63. The van der Waals surface area contributed by atoms with E-state index in [1.807, 2.05) is 6.92 Å². The van der Waals surface area contributed by atoms with Gasteiger partial charge in [0.25, 0.3) is 0 Å². The summed E-state index contributed by atoms with van der Waals surface area (Å²) in [5, 5.41) is 7.37. The highest BCUT2D eigenvalue weighted by Gasteiger charge is 2.23. The largest absolute Gasteiger partial charge is 0.303 e. The lowest BCUT2D eigenvalue weighted by atomic mass is 10.1. The van der Waals surface area contributed by atoms with Gasteiger partial charge in [0.15, 0.2) is 6.17 Å². The number of aldehydes is 1. The Morgan fingerprint density at radius 2 is 2.38 bits per heavy atom. The summed E-state index contributed by atoms with van der Waals surface area (Å²) >= 11 is 0. The van der Waals surface area contributed by atoms with Gasteiger partial charge in [-0.3, -0.25) is 0 Å². The van der Waals surface area contributed by atoms with E-state index >= 15 is 0 Å². The highest BCUT2D eigenvalue weighted by molar-refractivity contribution is 5.49. The number of hydrogen-bond acceptors (Lipinski definition) is 3. The first-order valence-electron chi connectivity index (χ1n) is 2.68. The maximum absolute atomic E-state index is 9.86. The van der Waals surface area contributed by atoms with Crippen molar-refractivity contribution in [1.82, 2.24) is 0 Å². The molecule has 0 radical (unpaired) electrons. The molecular weight excluding hydrogens is 104 g/mol. The van der Waals surface area contributed by atoms with Crippen LogP contribution >= 0.6 is 0 Å². The monoisotopic (exact) mass is 112 g/mol. The molecule has 1 atom stereocenters. The van der Waals surface area contributed by atoms with Gasteiger partial charge >= 0.3 is 0 Å². The van der Waals surface area contributed by atoms with Gasteiger partial charge in [-0.2, -0.15) is 10.2 Å². The Bertz CT molecular complexity index is 116. The van der Waals surface area contributed by atoms with Gasteiger partial charge in [0.2, 0.25) is 0 Å². The second-order valence-electron chi connectivity index (χ2n) is 2.02. The molecule has 1 heterocycles. The van der Waals surface area contributed by atoms with Crippen LogP contribution < -0.4 is 0 Å². The van der Waals surface area contributed by atoms with Gasteiger partial charge in [-0.05, 0) is 0 Å². The molecule has 0 amide bonds. The predicted octanol–water partition coefficient (Wildman–Crippen LogP) is 1.00. The molecule has 0 fully saturated rings. The Morgan fingerprint density at radius 1 is 1.75 bits per heavy atom. The van der Waals surface area contributed by atoms with Crippen molar-refractivity contribution in [2.75, 3.05) is 0 Å². The average molecular weight is 112 g/mol. The molecule has 8 heavy (non-hydrogen) atoms. The van der Waals surface area contributed by atoms with Gasteiger partial charge in [0.1, 0.15) is 6.29 Å². The second-order valence-corrected chi connectivity index (χ2v) is 2.02. The van der Waals surface area contributed by atoms with E-state index < -0.39 is 0 Å². The van der Waals surface area contributed by atoms with Crippen LogP contribution in [0.1, 0.15) is 13.3 Å². The fourth-order valence-corrected chi connectivity index (χ4v) is 0.540. The number of nitrogens with zero attached hydrogens (tertiary/aromatic N) is 2. The van der Waals surface area contributed by atoms with E-state index in [-0.39, 0.29) is 6.17 Å². The molecule has 0 saturated carbocycles. The maximum Gasteiger partial charge on any atom is 0.183 e. The summed E-state index contributed by atoms with van der Waals surface area (Å²) in [7, 11) is 0. The molecule has 0 N–H and O–H groups in total. The maximum atomic E-state index is 9.86. The summed E-state index contributed by atoms with van der Waals surface area (Å²) < 4.78 is 0. The lowest BCUT2D eigenvalue weighted by molar-refractivity contribution is -0.108. The lowest BCUT2D eigenvalue weighted by Crippen LogP contribution is -2.02. The van der Waals surface area contributed by atoms with Crippen LogP contribution in [0, 0.1) is 5.92 Å². The third-order valence-electron chi connectivity index (χ3n) is 1.23. The van der Waals surface area contributed by atoms with E-state index in [0.29, 0.717) is 12.3 Å². The summed E-state index contributed by atoms with van der Waals surface area (Å²) in [6.45, 7) is 1.97. The SMILES string of the molecule is CC(CC=O)C1N=N1. The van der Waals surface area contributed by atoms with Crippen LogP contribution in [-0.2, 0) is 4.79 Å². The fraction of sp³-hybridized carbons (Fsp3) is 0.800. The molecule has 0 aromatic heterocycles. The van der Waals surface area contributed by atoms with Crippen LogP contribution in [0.4, 0.5) is 0 Å². The van der Waals surface area contributed by atoms with Gasteiger partial charge in [-0.25, -0.2) is 0 Å². The molecule has 0 bridgehead atoms. The highest BCUT2D eigenvalue weighted by atomic mass is 16.1. The van der Waals surface area contributed by atoms with Crippen molar-refractivity contribution in [2.24, 2.45) is 16.1 Å². The van der Waals surface area contributed by atoms with Gasteiger partial charge < -0.3 is 4.79 Å². The fourth-order valence-electron chi connectivity index (χ4n) is 0.540. The van der Waals surface area contributed by atoms with Crippen molar-refractivity contribution >= 4 is 6.29 Å². The molecule has 0 saturated heterocycles. The van der Waals surface area contributed by atoms with Gasteiger partial charge in [-0.15, -0.1) is 0 Å². The number of carbonyl (C=O) groups excluding carboxylic acids is 1. The Kier molecular flexibility index (Phi) is 1.37. The summed E-state index contributed by atoms with van der Waals surface area (Å²) in [5.74, 6) is 0.326. The van der Waals surface area contributed by atoms with Crippen molar-refractivity contribution in [3.05, 3.63) is 0 Å². The van der Waals surface area contributed by atoms with Crippen LogP contribution in [0.5, 0.6) is 0 Å². The molecule has 0 aliphatic carbocycles. The third-order valence-corrected chi connectivity index (χ3v) is 1.23. The summed E-state index contributed by atoms with van der Waals surface area (Å²) in [4.78, 5) is 9.86. The van der Waals surface area contributed by atoms with Crippen LogP contribution in [-0.4, -0.2) is 12.5 Å². The van der Waals surface area contributed by atoms with Crippen molar-refractivity contribution in [3.63, 3.8) is 0 Å². The van der Waals surface area contributed by atoms with Crippen LogP contribution in [0.3, 0.4) is 0 Å². The Balaban J connectivity index is 2.13. The number of carbonyl (C=O) groups is 1. The van der Waals surface area contributed by atoms with E-state index in [0.717, 1.165) is 6.29 Å².